The van der Waals surface area contributed by atoms with Crippen LogP contribution in [0, 0.1) is 17.2 Å². The molecule has 0 spiro atoms. The van der Waals surface area contributed by atoms with Gasteiger partial charge in [0.05, 0.1) is 25.7 Å². The molecule has 5 heteroatoms. The molecule has 0 fully saturated rings. The first-order valence-electron chi connectivity index (χ1n) is 6.37. The average Bonchev–Trinajstić information content (AvgIpc) is 2.36. The molecule has 1 unspecified atom stereocenters. The van der Waals surface area contributed by atoms with Crippen LogP contribution in [0.1, 0.15) is 46.0 Å². The van der Waals surface area contributed by atoms with Gasteiger partial charge in [-0.2, -0.15) is 5.26 Å². The number of rotatable bonds is 9. The van der Waals surface area contributed by atoms with Crippen LogP contribution in [-0.4, -0.2) is 25.2 Å². The van der Waals surface area contributed by atoms with Crippen LogP contribution in [0.4, 0.5) is 0 Å². The number of esters is 2. The first-order chi connectivity index (χ1) is 8.65. The standard InChI is InChI=1S/C13H21NO4/c1-3-5-7-17-12(15)9-11(10-14)13(16)18-8-6-4-2/h11H,3-9H2,1-2H3. The van der Waals surface area contributed by atoms with Crippen molar-refractivity contribution < 1.29 is 19.1 Å². The Hall–Kier alpha value is -1.57. The maximum atomic E-state index is 11.5. The van der Waals surface area contributed by atoms with E-state index in [0.29, 0.717) is 13.2 Å². The average molecular weight is 255 g/mol. The fourth-order valence-corrected chi connectivity index (χ4v) is 1.16. The molecule has 1 atom stereocenters. The molecule has 0 rings (SSSR count). The minimum atomic E-state index is -1.06. The van der Waals surface area contributed by atoms with Gasteiger partial charge >= 0.3 is 11.9 Å². The number of hydrogen-bond donors (Lipinski definition) is 0. The number of ether oxygens (including phenoxy) is 2. The predicted octanol–water partition coefficient (Wildman–Crippen LogP) is 2.20. The first-order valence-corrected chi connectivity index (χ1v) is 6.37. The van der Waals surface area contributed by atoms with E-state index < -0.39 is 17.9 Å². The quantitative estimate of drug-likeness (QED) is 0.466. The van der Waals surface area contributed by atoms with Crippen LogP contribution in [0.25, 0.3) is 0 Å². The summed E-state index contributed by atoms with van der Waals surface area (Å²) in [6, 6.07) is 1.77. The lowest BCUT2D eigenvalue weighted by atomic mass is 10.1. The van der Waals surface area contributed by atoms with Crippen molar-refractivity contribution >= 4 is 11.9 Å². The van der Waals surface area contributed by atoms with E-state index >= 15 is 0 Å². The van der Waals surface area contributed by atoms with Gasteiger partial charge in [-0.3, -0.25) is 9.59 Å². The summed E-state index contributed by atoms with van der Waals surface area (Å²) in [5.74, 6) is -2.23. The summed E-state index contributed by atoms with van der Waals surface area (Å²) >= 11 is 0. The molecule has 0 saturated carbocycles. The number of nitriles is 1. The Bertz CT molecular complexity index is 296. The molecule has 0 amide bonds. The lowest BCUT2D eigenvalue weighted by Crippen LogP contribution is -2.21. The highest BCUT2D eigenvalue weighted by atomic mass is 16.5. The Labute approximate surface area is 108 Å². The summed E-state index contributed by atoms with van der Waals surface area (Å²) < 4.78 is 9.79. The van der Waals surface area contributed by atoms with E-state index in [0.717, 1.165) is 25.7 Å². The van der Waals surface area contributed by atoms with Gasteiger partial charge in [-0.1, -0.05) is 26.7 Å². The van der Waals surface area contributed by atoms with Gasteiger partial charge in [-0.05, 0) is 12.8 Å². The van der Waals surface area contributed by atoms with Crippen molar-refractivity contribution in [2.75, 3.05) is 13.2 Å². The number of unbranched alkanes of at least 4 members (excludes halogenated alkanes) is 2. The molecule has 0 N–H and O–H groups in total. The molecule has 0 aliphatic carbocycles. The third-order valence-electron chi connectivity index (χ3n) is 2.31. The molecule has 102 valence electrons. The fourth-order valence-electron chi connectivity index (χ4n) is 1.16. The van der Waals surface area contributed by atoms with Gasteiger partial charge < -0.3 is 9.47 Å². The molecule has 5 nitrogen and oxygen atoms in total. The van der Waals surface area contributed by atoms with Gasteiger partial charge in [0.2, 0.25) is 0 Å². The number of carbonyl (C=O) groups excluding carboxylic acids is 2. The third-order valence-corrected chi connectivity index (χ3v) is 2.31. The highest BCUT2D eigenvalue weighted by Crippen LogP contribution is 2.07. The summed E-state index contributed by atoms with van der Waals surface area (Å²) in [5.41, 5.74) is 0. The van der Waals surface area contributed by atoms with E-state index in [4.69, 9.17) is 14.7 Å². The van der Waals surface area contributed by atoms with Crippen molar-refractivity contribution in [2.24, 2.45) is 5.92 Å². The Morgan fingerprint density at radius 2 is 1.67 bits per heavy atom. The monoisotopic (exact) mass is 255 g/mol. The van der Waals surface area contributed by atoms with E-state index in [9.17, 15) is 9.59 Å². The van der Waals surface area contributed by atoms with Crippen molar-refractivity contribution in [1.29, 1.82) is 5.26 Å². The minimum absolute atomic E-state index is 0.231. The Kier molecular flexibility index (Phi) is 9.65. The SMILES string of the molecule is CCCCOC(=O)CC(C#N)C(=O)OCCCC. The van der Waals surface area contributed by atoms with Gasteiger partial charge in [0.1, 0.15) is 0 Å². The normalized spacial score (nSPS) is 11.4. The maximum absolute atomic E-state index is 11.5. The molecule has 0 aliphatic heterocycles. The molecule has 0 aromatic rings. The Morgan fingerprint density at radius 1 is 1.11 bits per heavy atom. The molecular formula is C13H21NO4. The lowest BCUT2D eigenvalue weighted by Gasteiger charge is -2.09. The van der Waals surface area contributed by atoms with E-state index in [1.54, 1.807) is 6.07 Å². The van der Waals surface area contributed by atoms with Crippen molar-refractivity contribution in [3.8, 4) is 6.07 Å². The Morgan fingerprint density at radius 3 is 2.17 bits per heavy atom. The second-order valence-electron chi connectivity index (χ2n) is 3.98. The van der Waals surface area contributed by atoms with Gasteiger partial charge in [0.25, 0.3) is 0 Å². The number of hydrogen-bond acceptors (Lipinski definition) is 5. The zero-order chi connectivity index (χ0) is 13.8. The molecule has 0 aromatic heterocycles. The summed E-state index contributed by atoms with van der Waals surface area (Å²) in [5, 5.41) is 8.81. The molecule has 0 aromatic carbocycles. The van der Waals surface area contributed by atoms with Crippen LogP contribution < -0.4 is 0 Å². The topological polar surface area (TPSA) is 76.4 Å². The van der Waals surface area contributed by atoms with Crippen LogP contribution in [0.3, 0.4) is 0 Å². The van der Waals surface area contributed by atoms with Crippen molar-refractivity contribution in [3.05, 3.63) is 0 Å². The molecule has 0 radical (unpaired) electrons. The van der Waals surface area contributed by atoms with Crippen LogP contribution >= 0.6 is 0 Å². The predicted molar refractivity (Wildman–Crippen MR) is 65.5 cm³/mol. The smallest absolute Gasteiger partial charge is 0.323 e. The van der Waals surface area contributed by atoms with E-state index in [1.165, 1.54) is 0 Å². The van der Waals surface area contributed by atoms with Gasteiger partial charge in [0.15, 0.2) is 5.92 Å². The van der Waals surface area contributed by atoms with Gasteiger partial charge in [0, 0.05) is 0 Å². The zero-order valence-electron chi connectivity index (χ0n) is 11.1. The summed E-state index contributed by atoms with van der Waals surface area (Å²) in [6.07, 6.45) is 3.14. The zero-order valence-corrected chi connectivity index (χ0v) is 11.1. The van der Waals surface area contributed by atoms with Gasteiger partial charge in [-0.15, -0.1) is 0 Å². The third kappa shape index (κ3) is 7.66. The fraction of sp³-hybridized carbons (Fsp3) is 0.769. The summed E-state index contributed by atoms with van der Waals surface area (Å²) in [4.78, 5) is 22.8. The van der Waals surface area contributed by atoms with Crippen molar-refractivity contribution in [1.82, 2.24) is 0 Å². The molecule has 0 bridgehead atoms. The highest BCUT2D eigenvalue weighted by Gasteiger charge is 2.23. The van der Waals surface area contributed by atoms with E-state index in [1.807, 2.05) is 13.8 Å². The largest absolute Gasteiger partial charge is 0.466 e. The van der Waals surface area contributed by atoms with Crippen LogP contribution in [0.15, 0.2) is 0 Å². The molecule has 0 heterocycles. The summed E-state index contributed by atoms with van der Waals surface area (Å²) in [7, 11) is 0. The van der Waals surface area contributed by atoms with Crippen LogP contribution in [-0.2, 0) is 19.1 Å². The van der Waals surface area contributed by atoms with E-state index in [-0.39, 0.29) is 6.42 Å². The maximum Gasteiger partial charge on any atom is 0.323 e. The highest BCUT2D eigenvalue weighted by molar-refractivity contribution is 5.82. The van der Waals surface area contributed by atoms with Crippen molar-refractivity contribution in [3.63, 3.8) is 0 Å². The lowest BCUT2D eigenvalue weighted by molar-refractivity contribution is -0.153. The Balaban J connectivity index is 3.98. The number of nitrogens with zero attached hydrogens (tertiary/aromatic N) is 1. The molecule has 18 heavy (non-hydrogen) atoms. The second kappa shape index (κ2) is 10.6. The van der Waals surface area contributed by atoms with Crippen LogP contribution in [0.2, 0.25) is 0 Å². The molecular weight excluding hydrogens is 234 g/mol. The van der Waals surface area contributed by atoms with Crippen LogP contribution in [0.5, 0.6) is 0 Å². The minimum Gasteiger partial charge on any atom is -0.466 e. The van der Waals surface area contributed by atoms with E-state index in [2.05, 4.69) is 0 Å². The second-order valence-corrected chi connectivity index (χ2v) is 3.98. The van der Waals surface area contributed by atoms with Crippen molar-refractivity contribution in [2.45, 2.75) is 46.0 Å². The molecule has 0 aliphatic rings. The summed E-state index contributed by atoms with van der Waals surface area (Å²) in [6.45, 7) is 4.58. The number of carbonyl (C=O) groups is 2. The van der Waals surface area contributed by atoms with Gasteiger partial charge in [-0.25, -0.2) is 0 Å². The first kappa shape index (κ1) is 16.4. The molecule has 0 saturated heterocycles.